The molecule has 0 unspecified atom stereocenters. The fraction of sp³-hybridized carbons (Fsp3) is 0.360. The quantitative estimate of drug-likeness (QED) is 0.617. The van der Waals surface area contributed by atoms with E-state index in [2.05, 4.69) is 50.1 Å². The number of hydrogen-bond acceptors (Lipinski definition) is 4. The summed E-state index contributed by atoms with van der Waals surface area (Å²) in [7, 11) is 0. The van der Waals surface area contributed by atoms with Crippen molar-refractivity contribution in [1.82, 2.24) is 5.32 Å². The van der Waals surface area contributed by atoms with Gasteiger partial charge in [0.2, 0.25) is 0 Å². The van der Waals surface area contributed by atoms with Gasteiger partial charge in [0.15, 0.2) is 5.78 Å². The van der Waals surface area contributed by atoms with Crippen molar-refractivity contribution in [3.05, 3.63) is 70.8 Å². The van der Waals surface area contributed by atoms with E-state index in [4.69, 9.17) is 10.8 Å². The average Bonchev–Trinajstić information content (AvgIpc) is 2.74. The second-order valence-electron chi connectivity index (χ2n) is 8.47. The number of carbonyl (C=O) groups excluding carboxylic acids is 2. The van der Waals surface area contributed by atoms with E-state index in [1.165, 1.54) is 5.56 Å². The highest BCUT2D eigenvalue weighted by Crippen LogP contribution is 2.21. The summed E-state index contributed by atoms with van der Waals surface area (Å²) >= 11 is 0. The van der Waals surface area contributed by atoms with Gasteiger partial charge in [-0.15, -0.1) is 0 Å². The number of nitrogens with one attached hydrogen (secondary N) is 1. The Bertz CT molecular complexity index is 914. The third-order valence-electron chi connectivity index (χ3n) is 4.70. The first-order valence-corrected chi connectivity index (χ1v) is 10.1. The number of carbonyl (C=O) groups is 2. The van der Waals surface area contributed by atoms with Crippen LogP contribution in [0.25, 0.3) is 0 Å². The molecule has 0 saturated heterocycles. The first kappa shape index (κ1) is 23.3. The van der Waals surface area contributed by atoms with Crippen molar-refractivity contribution in [3.63, 3.8) is 0 Å². The monoisotopic (exact) mass is 406 g/mol. The first-order chi connectivity index (χ1) is 14.2. The van der Waals surface area contributed by atoms with Crippen LogP contribution >= 0.6 is 0 Å². The van der Waals surface area contributed by atoms with Crippen LogP contribution in [-0.2, 0) is 11.2 Å². The molecule has 0 aliphatic heterocycles. The Kier molecular flexibility index (Phi) is 8.35. The zero-order valence-electron chi connectivity index (χ0n) is 17.9. The van der Waals surface area contributed by atoms with Crippen LogP contribution < -0.4 is 11.1 Å². The fourth-order valence-electron chi connectivity index (χ4n) is 2.75. The molecule has 0 spiro atoms. The zero-order chi connectivity index (χ0) is 22.1. The van der Waals surface area contributed by atoms with E-state index < -0.39 is 24.3 Å². The minimum absolute atomic E-state index is 0.0658. The van der Waals surface area contributed by atoms with Gasteiger partial charge in [-0.3, -0.25) is 9.59 Å². The van der Waals surface area contributed by atoms with Gasteiger partial charge in [0.25, 0.3) is 5.91 Å². The summed E-state index contributed by atoms with van der Waals surface area (Å²) in [6.07, 6.45) is 2.19. The molecule has 5 nitrogen and oxygen atoms in total. The maximum atomic E-state index is 12.2. The molecule has 0 radical (unpaired) electrons. The molecule has 0 fully saturated rings. The molecule has 0 aliphatic carbocycles. The number of rotatable bonds is 7. The molecule has 2 rings (SSSR count). The van der Waals surface area contributed by atoms with Crippen LogP contribution in [-0.4, -0.2) is 36.0 Å². The lowest BCUT2D eigenvalue weighted by molar-refractivity contribution is -0.123. The Morgan fingerprint density at radius 3 is 2.00 bits per heavy atom. The number of ketones is 1. The van der Waals surface area contributed by atoms with Gasteiger partial charge in [-0.1, -0.05) is 44.7 Å². The number of aliphatic hydroxyl groups excluding tert-OH is 1. The van der Waals surface area contributed by atoms with Gasteiger partial charge in [0, 0.05) is 23.2 Å². The highest BCUT2D eigenvalue weighted by molar-refractivity contribution is 5.98. The number of hydrogen-bond donors (Lipinski definition) is 3. The summed E-state index contributed by atoms with van der Waals surface area (Å²) in [4.78, 5) is 23.8. The van der Waals surface area contributed by atoms with Crippen LogP contribution in [0.2, 0.25) is 0 Å². The van der Waals surface area contributed by atoms with Crippen molar-refractivity contribution in [2.24, 2.45) is 11.1 Å². The van der Waals surface area contributed by atoms with E-state index in [9.17, 15) is 9.59 Å². The minimum Gasteiger partial charge on any atom is -0.388 e. The van der Waals surface area contributed by atoms with E-state index in [1.807, 2.05) is 12.1 Å². The Labute approximate surface area is 178 Å². The molecule has 1 atom stereocenters. The van der Waals surface area contributed by atoms with Crippen LogP contribution in [0.15, 0.2) is 48.5 Å². The van der Waals surface area contributed by atoms with Crippen LogP contribution in [0.5, 0.6) is 0 Å². The molecule has 0 aromatic heterocycles. The van der Waals surface area contributed by atoms with E-state index in [-0.39, 0.29) is 6.54 Å². The molecule has 0 saturated carbocycles. The van der Waals surface area contributed by atoms with Gasteiger partial charge in [0.1, 0.15) is 12.6 Å². The molecule has 0 bridgehead atoms. The number of aryl methyl sites for hydroxylation is 1. The number of aliphatic hydroxyl groups is 1. The molecule has 0 heterocycles. The maximum Gasteiger partial charge on any atom is 0.251 e. The van der Waals surface area contributed by atoms with Gasteiger partial charge in [0.05, 0.1) is 0 Å². The SMILES string of the molecule is CC(C)(C)CCc1ccc(C#Cc2ccc(C(=O)N[C@@H](CN)C(=O)CO)cc2)cc1. The number of nitrogens with two attached hydrogens (primary N) is 1. The van der Waals surface area contributed by atoms with Gasteiger partial charge in [-0.25, -0.2) is 0 Å². The minimum atomic E-state index is -0.895. The van der Waals surface area contributed by atoms with Crippen LogP contribution in [0.4, 0.5) is 0 Å². The predicted octanol–water partition coefficient (Wildman–Crippen LogP) is 2.68. The number of Topliss-reactive ketones (excluding diaryl/α,β-unsaturated/α-hetero) is 1. The molecule has 2 aromatic carbocycles. The standard InChI is InChI=1S/C25H30N2O3/c1-25(2,3)15-14-20-8-6-18(7-9-20)4-5-19-10-12-21(13-11-19)24(30)27-22(16-26)23(29)17-28/h6-13,22,28H,14-17,26H2,1-3H3,(H,27,30)/t22-/m0/s1. The van der Waals surface area contributed by atoms with Crippen LogP contribution in [0.1, 0.15) is 54.2 Å². The molecule has 0 aliphatic rings. The lowest BCUT2D eigenvalue weighted by Gasteiger charge is -2.17. The van der Waals surface area contributed by atoms with Gasteiger partial charge < -0.3 is 16.2 Å². The topological polar surface area (TPSA) is 92.4 Å². The number of amides is 1. The van der Waals surface area contributed by atoms with Crippen molar-refractivity contribution in [2.45, 2.75) is 39.7 Å². The molecule has 30 heavy (non-hydrogen) atoms. The van der Waals surface area contributed by atoms with Crippen molar-refractivity contribution in [2.75, 3.05) is 13.2 Å². The van der Waals surface area contributed by atoms with E-state index in [1.54, 1.807) is 24.3 Å². The predicted molar refractivity (Wildman–Crippen MR) is 119 cm³/mol. The highest BCUT2D eigenvalue weighted by Gasteiger charge is 2.18. The molecule has 2 aromatic rings. The second kappa shape index (κ2) is 10.7. The van der Waals surface area contributed by atoms with Crippen LogP contribution in [0, 0.1) is 17.3 Å². The Balaban J connectivity index is 1.99. The van der Waals surface area contributed by atoms with Gasteiger partial charge >= 0.3 is 0 Å². The van der Waals surface area contributed by atoms with Crippen molar-refractivity contribution < 1.29 is 14.7 Å². The molecular formula is C25H30N2O3. The first-order valence-electron chi connectivity index (χ1n) is 10.1. The van der Waals surface area contributed by atoms with Gasteiger partial charge in [-0.2, -0.15) is 0 Å². The molecule has 5 heteroatoms. The van der Waals surface area contributed by atoms with Crippen molar-refractivity contribution in [3.8, 4) is 11.8 Å². The fourth-order valence-corrected chi connectivity index (χ4v) is 2.75. The third-order valence-corrected chi connectivity index (χ3v) is 4.70. The van der Waals surface area contributed by atoms with Crippen LogP contribution in [0.3, 0.4) is 0 Å². The number of benzene rings is 2. The molecule has 158 valence electrons. The lowest BCUT2D eigenvalue weighted by Crippen LogP contribution is -2.46. The van der Waals surface area contributed by atoms with Gasteiger partial charge in [-0.05, 0) is 60.2 Å². The summed E-state index contributed by atoms with van der Waals surface area (Å²) in [5.74, 6) is 5.29. The third kappa shape index (κ3) is 7.47. The van der Waals surface area contributed by atoms with E-state index in [0.29, 0.717) is 11.0 Å². The second-order valence-corrected chi connectivity index (χ2v) is 8.47. The summed E-state index contributed by atoms with van der Waals surface area (Å²) < 4.78 is 0. The maximum absolute atomic E-state index is 12.2. The Hall–Kier alpha value is -2.94. The van der Waals surface area contributed by atoms with E-state index in [0.717, 1.165) is 24.0 Å². The molecule has 4 N–H and O–H groups in total. The average molecular weight is 407 g/mol. The lowest BCUT2D eigenvalue weighted by atomic mass is 9.88. The smallest absolute Gasteiger partial charge is 0.251 e. The Morgan fingerprint density at radius 1 is 1.00 bits per heavy atom. The summed E-state index contributed by atoms with van der Waals surface area (Å²) in [5.41, 5.74) is 9.22. The molecule has 1 amide bonds. The summed E-state index contributed by atoms with van der Waals surface area (Å²) in [6, 6.07) is 14.2. The highest BCUT2D eigenvalue weighted by atomic mass is 16.3. The summed E-state index contributed by atoms with van der Waals surface area (Å²) in [5, 5.41) is 11.4. The summed E-state index contributed by atoms with van der Waals surface area (Å²) in [6.45, 7) is 6.00. The molecular weight excluding hydrogens is 376 g/mol. The van der Waals surface area contributed by atoms with Crippen molar-refractivity contribution in [1.29, 1.82) is 0 Å². The largest absolute Gasteiger partial charge is 0.388 e. The normalized spacial score (nSPS) is 11.9. The zero-order valence-corrected chi connectivity index (χ0v) is 17.9. The Morgan fingerprint density at radius 2 is 1.53 bits per heavy atom. The van der Waals surface area contributed by atoms with E-state index >= 15 is 0 Å². The van der Waals surface area contributed by atoms with Crippen molar-refractivity contribution >= 4 is 11.7 Å².